The molecule has 1 aliphatic heterocycles. The van der Waals surface area contributed by atoms with Crippen molar-refractivity contribution in [3.05, 3.63) is 42.5 Å². The molecule has 2 aromatic rings. The normalized spacial score (nSPS) is 18.1. The van der Waals surface area contributed by atoms with E-state index in [1.54, 1.807) is 0 Å². The highest BCUT2D eigenvalue weighted by molar-refractivity contribution is 8.00. The summed E-state index contributed by atoms with van der Waals surface area (Å²) in [7, 11) is 0. The quantitative estimate of drug-likeness (QED) is 0.501. The molecule has 1 aromatic carbocycles. The Kier molecular flexibility index (Phi) is 6.94. The van der Waals surface area contributed by atoms with E-state index >= 15 is 0 Å². The third kappa shape index (κ3) is 4.49. The fourth-order valence-electron chi connectivity index (χ4n) is 3.82. The molecule has 28 heavy (non-hydrogen) atoms. The first-order valence-electron chi connectivity index (χ1n) is 10.1. The molecule has 2 unspecified atom stereocenters. The standard InChI is InChI=1S/C22H30N4OS/c1-5-13-26-20(18-11-9-10-16(3)15-18)23-24-22(26)28-17(4)21(27)25-14-8-7-12-19(25)6-2/h5,9-11,15,17,19H,1,6-8,12-14H2,2-4H3. The van der Waals surface area contributed by atoms with Gasteiger partial charge in [0.1, 0.15) is 0 Å². The Labute approximate surface area is 172 Å². The van der Waals surface area contributed by atoms with Crippen LogP contribution in [0.4, 0.5) is 0 Å². The average molecular weight is 399 g/mol. The molecule has 1 saturated heterocycles. The average Bonchev–Trinajstić information content (AvgIpc) is 3.10. The lowest BCUT2D eigenvalue weighted by molar-refractivity contribution is -0.134. The van der Waals surface area contributed by atoms with Gasteiger partial charge in [-0.2, -0.15) is 0 Å². The number of carbonyl (C=O) groups is 1. The van der Waals surface area contributed by atoms with Crippen LogP contribution in [0.5, 0.6) is 0 Å². The molecule has 0 aliphatic carbocycles. The monoisotopic (exact) mass is 398 g/mol. The summed E-state index contributed by atoms with van der Waals surface area (Å²) in [4.78, 5) is 15.2. The van der Waals surface area contributed by atoms with Crippen molar-refractivity contribution >= 4 is 17.7 Å². The highest BCUT2D eigenvalue weighted by Gasteiger charge is 2.30. The van der Waals surface area contributed by atoms with Gasteiger partial charge in [-0.05, 0) is 45.6 Å². The topological polar surface area (TPSA) is 51.0 Å². The molecular weight excluding hydrogens is 368 g/mol. The van der Waals surface area contributed by atoms with Crippen LogP contribution >= 0.6 is 11.8 Å². The summed E-state index contributed by atoms with van der Waals surface area (Å²) < 4.78 is 2.05. The van der Waals surface area contributed by atoms with Crippen LogP contribution in [-0.4, -0.2) is 43.4 Å². The van der Waals surface area contributed by atoms with Crippen LogP contribution in [0, 0.1) is 6.92 Å². The lowest BCUT2D eigenvalue weighted by Gasteiger charge is -2.36. The van der Waals surface area contributed by atoms with Crippen molar-refractivity contribution in [3.63, 3.8) is 0 Å². The number of hydrogen-bond acceptors (Lipinski definition) is 4. The molecule has 0 saturated carbocycles. The van der Waals surface area contributed by atoms with E-state index in [1.807, 2.05) is 29.7 Å². The zero-order valence-corrected chi connectivity index (χ0v) is 17.9. The van der Waals surface area contributed by atoms with Gasteiger partial charge in [-0.3, -0.25) is 9.36 Å². The minimum Gasteiger partial charge on any atom is -0.339 e. The van der Waals surface area contributed by atoms with E-state index in [4.69, 9.17) is 0 Å². The number of hydrogen-bond donors (Lipinski definition) is 0. The summed E-state index contributed by atoms with van der Waals surface area (Å²) in [5.74, 6) is 1.02. The number of rotatable bonds is 7. The Bertz CT molecular complexity index is 832. The maximum absolute atomic E-state index is 13.1. The Balaban J connectivity index is 1.81. The smallest absolute Gasteiger partial charge is 0.236 e. The molecule has 2 heterocycles. The highest BCUT2D eigenvalue weighted by atomic mass is 32.2. The zero-order chi connectivity index (χ0) is 20.1. The van der Waals surface area contributed by atoms with E-state index in [9.17, 15) is 4.79 Å². The second-order valence-corrected chi connectivity index (χ2v) is 8.73. The Morgan fingerprint density at radius 2 is 2.21 bits per heavy atom. The van der Waals surface area contributed by atoms with Gasteiger partial charge in [0.15, 0.2) is 11.0 Å². The molecule has 1 fully saturated rings. The largest absolute Gasteiger partial charge is 0.339 e. The lowest BCUT2D eigenvalue weighted by Crippen LogP contribution is -2.46. The van der Waals surface area contributed by atoms with Crippen molar-refractivity contribution in [3.8, 4) is 11.4 Å². The van der Waals surface area contributed by atoms with E-state index in [-0.39, 0.29) is 11.2 Å². The summed E-state index contributed by atoms with van der Waals surface area (Å²) >= 11 is 1.49. The van der Waals surface area contributed by atoms with Crippen LogP contribution in [0.25, 0.3) is 11.4 Å². The van der Waals surface area contributed by atoms with Gasteiger partial charge < -0.3 is 4.90 Å². The summed E-state index contributed by atoms with van der Waals surface area (Å²) in [6.07, 6.45) is 6.30. The predicted octanol–water partition coefficient (Wildman–Crippen LogP) is 4.71. The second kappa shape index (κ2) is 9.41. The Morgan fingerprint density at radius 3 is 2.93 bits per heavy atom. The van der Waals surface area contributed by atoms with Gasteiger partial charge in [0, 0.05) is 24.7 Å². The first-order chi connectivity index (χ1) is 13.5. The minimum absolute atomic E-state index is 0.190. The predicted molar refractivity (Wildman–Crippen MR) is 115 cm³/mol. The Hall–Kier alpha value is -2.08. The first-order valence-corrected chi connectivity index (χ1v) is 11.0. The first kappa shape index (κ1) is 20.6. The summed E-state index contributed by atoms with van der Waals surface area (Å²) in [5.41, 5.74) is 2.21. The van der Waals surface area contributed by atoms with Crippen molar-refractivity contribution in [2.24, 2.45) is 0 Å². The van der Waals surface area contributed by atoms with Crippen molar-refractivity contribution in [1.82, 2.24) is 19.7 Å². The van der Waals surface area contributed by atoms with Gasteiger partial charge in [-0.25, -0.2) is 0 Å². The molecule has 1 aliphatic rings. The van der Waals surface area contributed by atoms with Gasteiger partial charge in [0.2, 0.25) is 5.91 Å². The van der Waals surface area contributed by atoms with Gasteiger partial charge in [-0.15, -0.1) is 16.8 Å². The molecule has 1 amide bonds. The van der Waals surface area contributed by atoms with Crippen LogP contribution in [0.1, 0.15) is 45.1 Å². The molecule has 1 aromatic heterocycles. The van der Waals surface area contributed by atoms with Gasteiger partial charge >= 0.3 is 0 Å². The van der Waals surface area contributed by atoms with Crippen molar-refractivity contribution in [1.29, 1.82) is 0 Å². The maximum atomic E-state index is 13.1. The van der Waals surface area contributed by atoms with E-state index in [1.165, 1.54) is 23.7 Å². The fourth-order valence-corrected chi connectivity index (χ4v) is 4.75. The molecule has 2 atom stereocenters. The number of likely N-dealkylation sites (tertiary alicyclic amines) is 1. The molecule has 150 valence electrons. The highest BCUT2D eigenvalue weighted by Crippen LogP contribution is 2.30. The van der Waals surface area contributed by atoms with E-state index in [2.05, 4.69) is 47.7 Å². The molecule has 0 radical (unpaired) electrons. The van der Waals surface area contributed by atoms with E-state index in [0.29, 0.717) is 12.6 Å². The molecule has 6 heteroatoms. The number of allylic oxidation sites excluding steroid dienone is 1. The number of amides is 1. The lowest BCUT2D eigenvalue weighted by atomic mass is 10.00. The third-order valence-corrected chi connectivity index (χ3v) is 6.38. The van der Waals surface area contributed by atoms with Gasteiger partial charge in [-0.1, -0.05) is 48.5 Å². The molecule has 0 spiro atoms. The molecule has 0 bridgehead atoms. The van der Waals surface area contributed by atoms with Crippen molar-refractivity contribution in [2.75, 3.05) is 6.54 Å². The number of benzene rings is 1. The summed E-state index contributed by atoms with van der Waals surface area (Å²) in [6, 6.07) is 8.61. The van der Waals surface area contributed by atoms with E-state index < -0.39 is 0 Å². The number of aromatic nitrogens is 3. The van der Waals surface area contributed by atoms with Gasteiger partial charge in [0.05, 0.1) is 5.25 Å². The fraction of sp³-hybridized carbons (Fsp3) is 0.500. The van der Waals surface area contributed by atoms with Crippen LogP contribution in [-0.2, 0) is 11.3 Å². The van der Waals surface area contributed by atoms with Gasteiger partial charge in [0.25, 0.3) is 0 Å². The van der Waals surface area contributed by atoms with Crippen LogP contribution < -0.4 is 0 Å². The summed E-state index contributed by atoms with van der Waals surface area (Å²) in [5, 5.41) is 9.40. The summed E-state index contributed by atoms with van der Waals surface area (Å²) in [6.45, 7) is 11.6. The SMILES string of the molecule is C=CCn1c(SC(C)C(=O)N2CCCCC2CC)nnc1-c1cccc(C)c1. The molecule has 0 N–H and O–H groups in total. The number of nitrogens with zero attached hydrogens (tertiary/aromatic N) is 4. The maximum Gasteiger partial charge on any atom is 0.236 e. The minimum atomic E-state index is -0.190. The molecular formula is C22H30N4OS. The number of aryl methyl sites for hydroxylation is 1. The Morgan fingerprint density at radius 1 is 1.39 bits per heavy atom. The van der Waals surface area contributed by atoms with Crippen LogP contribution in [0.3, 0.4) is 0 Å². The van der Waals surface area contributed by atoms with Crippen molar-refractivity contribution in [2.45, 2.75) is 69.4 Å². The second-order valence-electron chi connectivity index (χ2n) is 7.42. The number of thioether (sulfide) groups is 1. The van der Waals surface area contributed by atoms with Crippen molar-refractivity contribution < 1.29 is 4.79 Å². The molecule has 5 nitrogen and oxygen atoms in total. The van der Waals surface area contributed by atoms with E-state index in [0.717, 1.165) is 42.4 Å². The number of carbonyl (C=O) groups excluding carboxylic acids is 1. The van der Waals surface area contributed by atoms with Crippen LogP contribution in [0.2, 0.25) is 0 Å². The third-order valence-electron chi connectivity index (χ3n) is 5.32. The zero-order valence-electron chi connectivity index (χ0n) is 17.1. The molecule has 3 rings (SSSR count). The number of piperidine rings is 1. The van der Waals surface area contributed by atoms with Crippen LogP contribution in [0.15, 0.2) is 42.1 Å².